The zero-order valence-corrected chi connectivity index (χ0v) is 12.4. The number of amides is 1. The Morgan fingerprint density at radius 2 is 2.10 bits per heavy atom. The first-order valence-corrected chi connectivity index (χ1v) is 7.54. The second-order valence-electron chi connectivity index (χ2n) is 4.55. The number of nitrogens with two attached hydrogens (primary N) is 1. The van der Waals surface area contributed by atoms with Crippen molar-refractivity contribution in [3.05, 3.63) is 10.4 Å². The normalized spacial score (nSPS) is 13.9. The first kappa shape index (κ1) is 14.6. The molecule has 0 atom stereocenters. The van der Waals surface area contributed by atoms with Crippen molar-refractivity contribution in [3.8, 4) is 0 Å². The molecular weight excluding hydrogens is 278 g/mol. The summed E-state index contributed by atoms with van der Waals surface area (Å²) in [5, 5.41) is 6.56. The molecule has 0 aliphatic heterocycles. The number of rotatable bonds is 6. The van der Waals surface area contributed by atoms with Gasteiger partial charge >= 0.3 is 5.97 Å². The summed E-state index contributed by atoms with van der Waals surface area (Å²) in [5.41, 5.74) is 6.45. The molecule has 1 fully saturated rings. The Hall–Kier alpha value is -1.76. The van der Waals surface area contributed by atoms with Crippen molar-refractivity contribution < 1.29 is 14.3 Å². The average Bonchev–Trinajstić information content (AvgIpc) is 3.13. The van der Waals surface area contributed by atoms with Gasteiger partial charge in [0.1, 0.15) is 15.4 Å². The summed E-state index contributed by atoms with van der Waals surface area (Å²) >= 11 is 1.21. The highest BCUT2D eigenvalue weighted by Crippen LogP contribution is 2.39. The van der Waals surface area contributed by atoms with Gasteiger partial charge in [-0.1, -0.05) is 0 Å². The van der Waals surface area contributed by atoms with Crippen LogP contribution in [0.1, 0.15) is 46.7 Å². The van der Waals surface area contributed by atoms with E-state index in [-0.39, 0.29) is 23.8 Å². The highest BCUT2D eigenvalue weighted by atomic mass is 32.1. The lowest BCUT2D eigenvalue weighted by Crippen LogP contribution is -2.22. The maximum atomic E-state index is 12.0. The Labute approximate surface area is 121 Å². The van der Waals surface area contributed by atoms with E-state index in [2.05, 4.69) is 10.6 Å². The number of carbonyl (C=O) groups is 2. The fourth-order valence-electron chi connectivity index (χ4n) is 1.77. The molecule has 7 heteroatoms. The van der Waals surface area contributed by atoms with Crippen LogP contribution in [-0.4, -0.2) is 31.1 Å². The molecule has 1 aromatic rings. The molecule has 6 nitrogen and oxygen atoms in total. The Balaban J connectivity index is 2.34. The molecule has 0 saturated heterocycles. The maximum Gasteiger partial charge on any atom is 0.343 e. The van der Waals surface area contributed by atoms with Gasteiger partial charge in [-0.3, -0.25) is 4.79 Å². The van der Waals surface area contributed by atoms with Crippen molar-refractivity contribution in [1.82, 2.24) is 5.32 Å². The number of nitrogens with one attached hydrogen (secondary N) is 2. The molecule has 1 aliphatic carbocycles. The summed E-state index contributed by atoms with van der Waals surface area (Å²) in [6.07, 6.45) is 2.13. The lowest BCUT2D eigenvalue weighted by Gasteiger charge is -2.06. The summed E-state index contributed by atoms with van der Waals surface area (Å²) < 4.78 is 5.02. The van der Waals surface area contributed by atoms with Gasteiger partial charge in [0.05, 0.1) is 12.3 Å². The lowest BCUT2D eigenvalue weighted by molar-refractivity contribution is 0.0529. The van der Waals surface area contributed by atoms with Gasteiger partial charge in [-0.05, 0) is 26.7 Å². The van der Waals surface area contributed by atoms with Crippen molar-refractivity contribution in [3.63, 3.8) is 0 Å². The molecule has 0 aromatic carbocycles. The minimum absolute atomic E-state index is 0.197. The van der Waals surface area contributed by atoms with Crippen LogP contribution in [0, 0.1) is 0 Å². The van der Waals surface area contributed by atoms with Gasteiger partial charge < -0.3 is 21.1 Å². The van der Waals surface area contributed by atoms with Gasteiger partial charge in [0.25, 0.3) is 5.91 Å². The quantitative estimate of drug-likeness (QED) is 0.697. The van der Waals surface area contributed by atoms with Gasteiger partial charge in [-0.2, -0.15) is 0 Å². The molecule has 0 spiro atoms. The summed E-state index contributed by atoms with van der Waals surface area (Å²) in [5.74, 6) is -0.746. The van der Waals surface area contributed by atoms with Crippen LogP contribution in [0.3, 0.4) is 0 Å². The van der Waals surface area contributed by atoms with Gasteiger partial charge in [0.15, 0.2) is 0 Å². The molecule has 1 amide bonds. The number of ether oxygens (including phenoxy) is 1. The largest absolute Gasteiger partial charge is 0.462 e. The van der Waals surface area contributed by atoms with E-state index < -0.39 is 5.97 Å². The Morgan fingerprint density at radius 1 is 1.40 bits per heavy atom. The molecule has 0 unspecified atom stereocenters. The number of thiophene rings is 1. The van der Waals surface area contributed by atoms with Crippen LogP contribution in [-0.2, 0) is 4.74 Å². The predicted octanol–water partition coefficient (Wildman–Crippen LogP) is 1.83. The topological polar surface area (TPSA) is 93.5 Å². The maximum absolute atomic E-state index is 12.0. The number of carbonyl (C=O) groups excluding carboxylic acids is 2. The van der Waals surface area contributed by atoms with E-state index in [0.29, 0.717) is 22.5 Å². The number of hydrogen-bond acceptors (Lipinski definition) is 6. The van der Waals surface area contributed by atoms with E-state index in [1.807, 2.05) is 6.92 Å². The van der Waals surface area contributed by atoms with E-state index in [1.54, 1.807) is 6.92 Å². The van der Waals surface area contributed by atoms with Gasteiger partial charge in [-0.15, -0.1) is 11.3 Å². The lowest BCUT2D eigenvalue weighted by atomic mass is 10.2. The summed E-state index contributed by atoms with van der Waals surface area (Å²) in [6.45, 7) is 4.35. The first-order valence-electron chi connectivity index (χ1n) is 6.72. The second kappa shape index (κ2) is 6.13. The van der Waals surface area contributed by atoms with E-state index in [9.17, 15) is 9.59 Å². The van der Waals surface area contributed by atoms with Crippen molar-refractivity contribution in [2.75, 3.05) is 24.2 Å². The highest BCUT2D eigenvalue weighted by Gasteiger charge is 2.30. The number of nitrogen functional groups attached to an aromatic ring is 1. The standard InChI is InChI=1S/C13H19N3O3S/c1-3-15-11(17)10-9(14)8(13(18)19-4-2)12(20-10)16-7-5-6-7/h7,16H,3-6,14H2,1-2H3,(H,15,17). The van der Waals surface area contributed by atoms with Crippen molar-refractivity contribution >= 4 is 33.9 Å². The monoisotopic (exact) mass is 297 g/mol. The average molecular weight is 297 g/mol. The summed E-state index contributed by atoms with van der Waals surface area (Å²) in [7, 11) is 0. The molecule has 2 rings (SSSR count). The molecule has 0 radical (unpaired) electrons. The molecule has 20 heavy (non-hydrogen) atoms. The minimum atomic E-state index is -0.486. The fourth-order valence-corrected chi connectivity index (χ4v) is 2.88. The van der Waals surface area contributed by atoms with Gasteiger partial charge in [0.2, 0.25) is 0 Å². The molecule has 1 aliphatic rings. The highest BCUT2D eigenvalue weighted by molar-refractivity contribution is 7.19. The van der Waals surface area contributed by atoms with E-state index in [4.69, 9.17) is 10.5 Å². The van der Waals surface area contributed by atoms with Crippen LogP contribution >= 0.6 is 11.3 Å². The Kier molecular flexibility index (Phi) is 4.49. The molecule has 4 N–H and O–H groups in total. The summed E-state index contributed by atoms with van der Waals surface area (Å²) in [6, 6.07) is 0.364. The first-order chi connectivity index (χ1) is 9.58. The molecule has 0 bridgehead atoms. The third-order valence-electron chi connectivity index (χ3n) is 2.88. The van der Waals surface area contributed by atoms with Crippen LogP contribution in [0.4, 0.5) is 10.7 Å². The third-order valence-corrected chi connectivity index (χ3v) is 4.02. The molecule has 1 aromatic heterocycles. The third kappa shape index (κ3) is 3.04. The van der Waals surface area contributed by atoms with E-state index in [0.717, 1.165) is 12.8 Å². The Bertz CT molecular complexity index is 523. The smallest absolute Gasteiger partial charge is 0.343 e. The van der Waals surface area contributed by atoms with Crippen molar-refractivity contribution in [2.45, 2.75) is 32.7 Å². The molecule has 110 valence electrons. The zero-order chi connectivity index (χ0) is 14.7. The van der Waals surface area contributed by atoms with Crippen LogP contribution in [0.2, 0.25) is 0 Å². The van der Waals surface area contributed by atoms with Gasteiger partial charge in [-0.25, -0.2) is 4.79 Å². The van der Waals surface area contributed by atoms with Crippen molar-refractivity contribution in [1.29, 1.82) is 0 Å². The second-order valence-corrected chi connectivity index (χ2v) is 5.57. The summed E-state index contributed by atoms with van der Waals surface area (Å²) in [4.78, 5) is 24.3. The minimum Gasteiger partial charge on any atom is -0.462 e. The van der Waals surface area contributed by atoms with Crippen LogP contribution < -0.4 is 16.4 Å². The van der Waals surface area contributed by atoms with Crippen molar-refractivity contribution in [2.24, 2.45) is 0 Å². The van der Waals surface area contributed by atoms with Crippen LogP contribution in [0.5, 0.6) is 0 Å². The number of anilines is 2. The van der Waals surface area contributed by atoms with Crippen LogP contribution in [0.15, 0.2) is 0 Å². The van der Waals surface area contributed by atoms with E-state index in [1.165, 1.54) is 11.3 Å². The van der Waals surface area contributed by atoms with Gasteiger partial charge in [0, 0.05) is 12.6 Å². The molecular formula is C13H19N3O3S. The fraction of sp³-hybridized carbons (Fsp3) is 0.538. The SMILES string of the molecule is CCNC(=O)c1sc(NC2CC2)c(C(=O)OCC)c1N. The Morgan fingerprint density at radius 3 is 2.65 bits per heavy atom. The zero-order valence-electron chi connectivity index (χ0n) is 11.6. The predicted molar refractivity (Wildman–Crippen MR) is 79.3 cm³/mol. The number of esters is 1. The number of hydrogen-bond donors (Lipinski definition) is 3. The van der Waals surface area contributed by atoms with E-state index >= 15 is 0 Å². The molecule has 1 heterocycles. The molecule has 1 saturated carbocycles. The van der Waals surface area contributed by atoms with Crippen LogP contribution in [0.25, 0.3) is 0 Å².